The highest BCUT2D eigenvalue weighted by molar-refractivity contribution is 8.00. The number of carboxylic acids is 1. The summed E-state index contributed by atoms with van der Waals surface area (Å²) < 4.78 is 50.5. The highest BCUT2D eigenvalue weighted by Gasteiger charge is 2.37. The standard InChI is InChI=1S/C32H29F3N4O5S/c33-23-14-18(15-36)4-6-24(23)38-12-10-20(11-13-38)45-27-8-5-19(29(34)30(27)35)17-44-26-3-1-2-21-22(26)16-39(32(21)43)25(31(37)42)7-9-28(40)41/h1-6,8,14,20,25H,7,9-13,16-17H2,(H2,37,42)(H,40,41)/t25-/m0/s1. The quantitative estimate of drug-likeness (QED) is 0.300. The van der Waals surface area contributed by atoms with Gasteiger partial charge in [-0.1, -0.05) is 12.1 Å². The minimum Gasteiger partial charge on any atom is -0.488 e. The Bertz CT molecular complexity index is 1690. The Morgan fingerprint density at radius 1 is 1.11 bits per heavy atom. The molecule has 2 aliphatic rings. The van der Waals surface area contributed by atoms with Crippen LogP contribution in [0.5, 0.6) is 5.75 Å². The molecule has 2 aliphatic heterocycles. The number of anilines is 1. The van der Waals surface area contributed by atoms with Gasteiger partial charge in [0.1, 0.15) is 24.2 Å². The third-order valence-corrected chi connectivity index (χ3v) is 9.33. The number of nitrogens with zero attached hydrogens (tertiary/aromatic N) is 3. The lowest BCUT2D eigenvalue weighted by molar-refractivity contribution is -0.137. The van der Waals surface area contributed by atoms with E-state index in [0.717, 1.165) is 0 Å². The zero-order chi connectivity index (χ0) is 32.2. The number of hydrogen-bond donors (Lipinski definition) is 2. The van der Waals surface area contributed by atoms with E-state index >= 15 is 8.78 Å². The van der Waals surface area contributed by atoms with Gasteiger partial charge in [-0.2, -0.15) is 5.26 Å². The first-order chi connectivity index (χ1) is 21.6. The Kier molecular flexibility index (Phi) is 9.53. The van der Waals surface area contributed by atoms with E-state index in [4.69, 9.17) is 20.8 Å². The predicted molar refractivity (Wildman–Crippen MR) is 159 cm³/mol. The fraction of sp³-hybridized carbons (Fsp3) is 0.312. The van der Waals surface area contributed by atoms with Gasteiger partial charge in [-0.25, -0.2) is 13.2 Å². The van der Waals surface area contributed by atoms with E-state index in [9.17, 15) is 18.8 Å². The number of piperidine rings is 1. The number of primary amides is 1. The Balaban J connectivity index is 1.21. The summed E-state index contributed by atoms with van der Waals surface area (Å²) in [5.74, 6) is -4.74. The van der Waals surface area contributed by atoms with Crippen molar-refractivity contribution in [2.75, 3.05) is 18.0 Å². The molecule has 0 bridgehead atoms. The highest BCUT2D eigenvalue weighted by Crippen LogP contribution is 2.37. The molecule has 0 saturated carbocycles. The van der Waals surface area contributed by atoms with Crippen molar-refractivity contribution in [2.24, 2.45) is 5.73 Å². The Morgan fingerprint density at radius 2 is 1.87 bits per heavy atom. The molecule has 0 radical (unpaired) electrons. The zero-order valence-electron chi connectivity index (χ0n) is 24.0. The van der Waals surface area contributed by atoms with E-state index in [1.165, 1.54) is 40.9 Å². The number of halogens is 3. The van der Waals surface area contributed by atoms with Crippen LogP contribution in [0.25, 0.3) is 0 Å². The lowest BCUT2D eigenvalue weighted by Crippen LogP contribution is -2.45. The Labute approximate surface area is 261 Å². The number of ether oxygens (including phenoxy) is 1. The molecular weight excluding hydrogens is 609 g/mol. The minimum atomic E-state index is -1.13. The van der Waals surface area contributed by atoms with Gasteiger partial charge in [-0.3, -0.25) is 14.4 Å². The molecule has 9 nitrogen and oxygen atoms in total. The van der Waals surface area contributed by atoms with Crippen LogP contribution in [-0.2, 0) is 22.7 Å². The molecule has 45 heavy (non-hydrogen) atoms. The number of nitrogens with two attached hydrogens (primary N) is 1. The van der Waals surface area contributed by atoms with Crippen molar-refractivity contribution in [1.82, 2.24) is 4.90 Å². The van der Waals surface area contributed by atoms with Gasteiger partial charge in [0.2, 0.25) is 5.91 Å². The highest BCUT2D eigenvalue weighted by atomic mass is 32.2. The molecule has 13 heteroatoms. The molecule has 0 unspecified atom stereocenters. The molecule has 5 rings (SSSR count). The van der Waals surface area contributed by atoms with Crippen LogP contribution in [0.3, 0.4) is 0 Å². The fourth-order valence-electron chi connectivity index (χ4n) is 5.58. The van der Waals surface area contributed by atoms with Crippen LogP contribution in [0.1, 0.15) is 52.7 Å². The molecule has 3 aromatic carbocycles. The number of nitriles is 1. The third kappa shape index (κ3) is 6.86. The Morgan fingerprint density at radius 3 is 2.53 bits per heavy atom. The molecule has 0 spiro atoms. The second-order valence-corrected chi connectivity index (χ2v) is 12.1. The number of rotatable bonds is 11. The van der Waals surface area contributed by atoms with E-state index in [2.05, 4.69) is 0 Å². The first-order valence-electron chi connectivity index (χ1n) is 14.2. The summed E-state index contributed by atoms with van der Waals surface area (Å²) >= 11 is 1.23. The van der Waals surface area contributed by atoms with Crippen LogP contribution >= 0.6 is 11.8 Å². The normalized spacial score (nSPS) is 15.5. The smallest absolute Gasteiger partial charge is 0.303 e. The lowest BCUT2D eigenvalue weighted by Gasteiger charge is -2.33. The molecular formula is C32H29F3N4O5S. The summed E-state index contributed by atoms with van der Waals surface area (Å²) in [6.07, 6.45) is 0.744. The van der Waals surface area contributed by atoms with E-state index < -0.39 is 41.3 Å². The largest absolute Gasteiger partial charge is 0.488 e. The monoisotopic (exact) mass is 638 g/mol. The van der Waals surface area contributed by atoms with E-state index in [-0.39, 0.29) is 58.6 Å². The number of thioether (sulfide) groups is 1. The lowest BCUT2D eigenvalue weighted by atomic mass is 10.1. The van der Waals surface area contributed by atoms with Crippen LogP contribution in [-0.4, -0.2) is 52.2 Å². The van der Waals surface area contributed by atoms with Gasteiger partial charge in [0.15, 0.2) is 11.6 Å². The van der Waals surface area contributed by atoms with Crippen LogP contribution in [0.15, 0.2) is 53.4 Å². The molecule has 234 valence electrons. The molecule has 2 amide bonds. The predicted octanol–water partition coefficient (Wildman–Crippen LogP) is 4.99. The average molecular weight is 639 g/mol. The maximum absolute atomic E-state index is 15.2. The van der Waals surface area contributed by atoms with Gasteiger partial charge in [0.25, 0.3) is 5.91 Å². The van der Waals surface area contributed by atoms with Crippen molar-refractivity contribution in [3.63, 3.8) is 0 Å². The SMILES string of the molecule is N#Cc1ccc(N2CCC(Sc3ccc(COc4cccc5c4CN([C@@H](CCC(=O)O)C(N)=O)C5=O)c(F)c3F)CC2)c(F)c1. The van der Waals surface area contributed by atoms with Crippen molar-refractivity contribution < 1.29 is 37.4 Å². The number of hydrogen-bond acceptors (Lipinski definition) is 7. The van der Waals surface area contributed by atoms with Gasteiger partial charge < -0.3 is 25.4 Å². The minimum absolute atomic E-state index is 0.00851. The first-order valence-corrected chi connectivity index (χ1v) is 15.1. The molecule has 1 fully saturated rings. The van der Waals surface area contributed by atoms with Crippen molar-refractivity contribution >= 4 is 35.2 Å². The number of carbonyl (C=O) groups is 3. The number of fused-ring (bicyclic) bond motifs is 1. The number of carbonyl (C=O) groups excluding carboxylic acids is 2. The molecule has 2 heterocycles. The number of aliphatic carboxylic acids is 1. The topological polar surface area (TPSA) is 137 Å². The number of carboxylic acid groups (broad SMARTS) is 1. The summed E-state index contributed by atoms with van der Waals surface area (Å²) in [4.78, 5) is 39.3. The van der Waals surface area contributed by atoms with Crippen LogP contribution < -0.4 is 15.4 Å². The van der Waals surface area contributed by atoms with E-state index in [1.54, 1.807) is 24.3 Å². The van der Waals surface area contributed by atoms with Gasteiger partial charge in [-0.05, 0) is 55.7 Å². The second kappa shape index (κ2) is 13.5. The average Bonchev–Trinajstić information content (AvgIpc) is 3.35. The summed E-state index contributed by atoms with van der Waals surface area (Å²) in [7, 11) is 0. The maximum Gasteiger partial charge on any atom is 0.303 e. The van der Waals surface area contributed by atoms with Gasteiger partial charge in [-0.15, -0.1) is 11.8 Å². The molecule has 3 aromatic rings. The number of amides is 2. The van der Waals surface area contributed by atoms with Crippen molar-refractivity contribution in [2.45, 2.75) is 55.0 Å². The summed E-state index contributed by atoms with van der Waals surface area (Å²) in [5.41, 5.74) is 6.76. The van der Waals surface area contributed by atoms with E-state index in [1.807, 2.05) is 11.0 Å². The molecule has 3 N–H and O–H groups in total. The van der Waals surface area contributed by atoms with Crippen LogP contribution in [0.4, 0.5) is 18.9 Å². The fourth-order valence-corrected chi connectivity index (χ4v) is 6.73. The summed E-state index contributed by atoms with van der Waals surface area (Å²) in [6.45, 7) is 0.668. The maximum atomic E-state index is 15.2. The molecule has 1 atom stereocenters. The van der Waals surface area contributed by atoms with Crippen LogP contribution in [0.2, 0.25) is 0 Å². The molecule has 0 aromatic heterocycles. The van der Waals surface area contributed by atoms with E-state index in [0.29, 0.717) is 37.2 Å². The van der Waals surface area contributed by atoms with Gasteiger partial charge >= 0.3 is 5.97 Å². The second-order valence-electron chi connectivity index (χ2n) is 10.8. The van der Waals surface area contributed by atoms with Crippen molar-refractivity contribution in [3.05, 3.63) is 88.2 Å². The van der Waals surface area contributed by atoms with Crippen molar-refractivity contribution in [3.8, 4) is 11.8 Å². The van der Waals surface area contributed by atoms with Crippen molar-refractivity contribution in [1.29, 1.82) is 5.26 Å². The zero-order valence-corrected chi connectivity index (χ0v) is 24.8. The molecule has 0 aliphatic carbocycles. The summed E-state index contributed by atoms with van der Waals surface area (Å²) in [5, 5.41) is 18.0. The Hall–Kier alpha value is -4.70. The van der Waals surface area contributed by atoms with Gasteiger partial charge in [0.05, 0.1) is 23.9 Å². The first kappa shape index (κ1) is 31.7. The molecule has 1 saturated heterocycles. The summed E-state index contributed by atoms with van der Waals surface area (Å²) in [6, 6.07) is 12.7. The number of benzene rings is 3. The van der Waals surface area contributed by atoms with Crippen LogP contribution in [0, 0.1) is 28.8 Å². The van der Waals surface area contributed by atoms with Gasteiger partial charge in [0, 0.05) is 46.3 Å². The third-order valence-electron chi connectivity index (χ3n) is 7.95.